The average Bonchev–Trinajstić information content (AvgIpc) is 2.93. The third-order valence-corrected chi connectivity index (χ3v) is 6.87. The van der Waals surface area contributed by atoms with E-state index in [1.807, 2.05) is 13.8 Å². The maximum Gasteiger partial charge on any atom is 0.416 e. The second-order valence-corrected chi connectivity index (χ2v) is 9.66. The first-order chi connectivity index (χ1) is 19.1. The molecule has 1 unspecified atom stereocenters. The molecule has 1 heterocycles. The molecular weight excluding hydrogens is 521 g/mol. The van der Waals surface area contributed by atoms with E-state index < -0.39 is 30.0 Å². The Hall–Kier alpha value is -4.27. The number of halogens is 3. The molecule has 0 aromatic heterocycles. The van der Waals surface area contributed by atoms with Crippen molar-refractivity contribution in [2.45, 2.75) is 44.8 Å². The lowest BCUT2D eigenvalue weighted by Gasteiger charge is -2.41. The summed E-state index contributed by atoms with van der Waals surface area (Å²) in [7, 11) is 1.50. The van der Waals surface area contributed by atoms with Gasteiger partial charge < -0.3 is 20.1 Å². The monoisotopic (exact) mass is 552 g/mol. The summed E-state index contributed by atoms with van der Waals surface area (Å²) in [6, 6.07) is 18.6. The van der Waals surface area contributed by atoms with Crippen molar-refractivity contribution in [1.29, 1.82) is 0 Å². The Kier molecular flexibility index (Phi) is 8.52. The number of ether oxygens (including phenoxy) is 2. The molecule has 0 radical (unpaired) electrons. The second kappa shape index (κ2) is 11.9. The first-order valence-corrected chi connectivity index (χ1v) is 13.0. The van der Waals surface area contributed by atoms with E-state index in [0.717, 1.165) is 18.4 Å². The van der Waals surface area contributed by atoms with Gasteiger partial charge in [0.25, 0.3) is 11.8 Å². The molecule has 1 aliphatic rings. The van der Waals surface area contributed by atoms with Gasteiger partial charge in [-0.2, -0.15) is 13.2 Å². The first-order valence-electron chi connectivity index (χ1n) is 13.0. The largest absolute Gasteiger partial charge is 0.497 e. The lowest BCUT2D eigenvalue weighted by Crippen LogP contribution is -2.59. The van der Waals surface area contributed by atoms with Crippen LogP contribution in [0.2, 0.25) is 0 Å². The first kappa shape index (κ1) is 28.7. The number of anilines is 1. The summed E-state index contributed by atoms with van der Waals surface area (Å²) >= 11 is 0. The number of carbonyl (C=O) groups excluding carboxylic acids is 2. The molecule has 3 aromatic rings. The molecule has 0 fully saturated rings. The summed E-state index contributed by atoms with van der Waals surface area (Å²) in [5.41, 5.74) is -1.69. The van der Waals surface area contributed by atoms with Crippen LogP contribution >= 0.6 is 0 Å². The van der Waals surface area contributed by atoms with Gasteiger partial charge in [0.15, 0.2) is 5.54 Å². The number of unbranched alkanes of at least 4 members (excludes halogenated alkanes) is 1. The fourth-order valence-electron chi connectivity index (χ4n) is 4.58. The standard InChI is InChI=1S/C31H31F3N2O4/c1-4-5-18-40-25-14-10-22(11-15-25)30(31(32,33)34)19-26(21-8-6-20(2)7-9-21)27(29(38)36-30)28(37)35-23-12-16-24(39-3)17-13-23/h6-17H,4-5,18-19H2,1-3H3,(H,35,37)(H,36,38). The van der Waals surface area contributed by atoms with Crippen LogP contribution in [-0.2, 0) is 15.1 Å². The highest BCUT2D eigenvalue weighted by molar-refractivity contribution is 6.28. The molecule has 9 heteroatoms. The van der Waals surface area contributed by atoms with E-state index in [0.29, 0.717) is 29.4 Å². The predicted octanol–water partition coefficient (Wildman–Crippen LogP) is 6.55. The van der Waals surface area contributed by atoms with E-state index in [4.69, 9.17) is 9.47 Å². The van der Waals surface area contributed by atoms with E-state index >= 15 is 0 Å². The van der Waals surface area contributed by atoms with Crippen molar-refractivity contribution in [2.24, 2.45) is 0 Å². The molecule has 2 N–H and O–H groups in total. The lowest BCUT2D eigenvalue weighted by molar-refractivity contribution is -0.201. The van der Waals surface area contributed by atoms with Crippen LogP contribution in [0, 0.1) is 6.92 Å². The van der Waals surface area contributed by atoms with Crippen LogP contribution in [0.1, 0.15) is 42.9 Å². The number of hydrogen-bond acceptors (Lipinski definition) is 4. The summed E-state index contributed by atoms with van der Waals surface area (Å²) in [5.74, 6) is -0.933. The van der Waals surface area contributed by atoms with Gasteiger partial charge in [-0.1, -0.05) is 55.3 Å². The number of amides is 2. The predicted molar refractivity (Wildman–Crippen MR) is 147 cm³/mol. The highest BCUT2D eigenvalue weighted by Crippen LogP contribution is 2.48. The number of alkyl halides is 3. The highest BCUT2D eigenvalue weighted by atomic mass is 19.4. The molecule has 210 valence electrons. The molecule has 1 atom stereocenters. The molecule has 0 saturated heterocycles. The second-order valence-electron chi connectivity index (χ2n) is 9.66. The van der Waals surface area contributed by atoms with Crippen molar-refractivity contribution in [3.8, 4) is 11.5 Å². The Labute approximate surface area is 231 Å². The maximum absolute atomic E-state index is 14.9. The third-order valence-electron chi connectivity index (χ3n) is 6.87. The van der Waals surface area contributed by atoms with Gasteiger partial charge in [0.05, 0.1) is 13.7 Å². The summed E-state index contributed by atoms with van der Waals surface area (Å²) in [4.78, 5) is 26.9. The summed E-state index contributed by atoms with van der Waals surface area (Å²) in [6.07, 6.45) is -3.81. The molecule has 0 aliphatic carbocycles. The Balaban J connectivity index is 1.78. The average molecular weight is 553 g/mol. The Bertz CT molecular complexity index is 1380. The molecule has 0 saturated carbocycles. The molecule has 40 heavy (non-hydrogen) atoms. The van der Waals surface area contributed by atoms with Gasteiger partial charge in [0.2, 0.25) is 0 Å². The molecule has 0 bridgehead atoms. The van der Waals surface area contributed by atoms with Crippen LogP contribution < -0.4 is 20.1 Å². The molecule has 1 aliphatic heterocycles. The van der Waals surface area contributed by atoms with Gasteiger partial charge in [-0.3, -0.25) is 9.59 Å². The third kappa shape index (κ3) is 5.98. The summed E-state index contributed by atoms with van der Waals surface area (Å²) in [6.45, 7) is 4.30. The van der Waals surface area contributed by atoms with Gasteiger partial charge in [-0.25, -0.2) is 0 Å². The van der Waals surface area contributed by atoms with Crippen molar-refractivity contribution in [3.05, 3.63) is 95.1 Å². The minimum Gasteiger partial charge on any atom is -0.497 e. The maximum atomic E-state index is 14.9. The van der Waals surface area contributed by atoms with E-state index in [1.54, 1.807) is 48.5 Å². The Morgan fingerprint density at radius 1 is 0.975 bits per heavy atom. The van der Waals surface area contributed by atoms with Crippen molar-refractivity contribution in [1.82, 2.24) is 5.32 Å². The van der Waals surface area contributed by atoms with E-state index in [1.165, 1.54) is 31.4 Å². The number of carbonyl (C=O) groups is 2. The van der Waals surface area contributed by atoms with Crippen molar-refractivity contribution < 1.29 is 32.2 Å². The number of benzene rings is 3. The van der Waals surface area contributed by atoms with Crippen LogP contribution in [0.3, 0.4) is 0 Å². The van der Waals surface area contributed by atoms with Crippen molar-refractivity contribution in [3.63, 3.8) is 0 Å². The number of rotatable bonds is 9. The fourth-order valence-corrected chi connectivity index (χ4v) is 4.58. The number of hydrogen-bond donors (Lipinski definition) is 2. The van der Waals surface area contributed by atoms with Crippen LogP contribution in [0.4, 0.5) is 18.9 Å². The molecule has 2 amide bonds. The fraction of sp³-hybridized carbons (Fsp3) is 0.290. The molecule has 0 spiro atoms. The van der Waals surface area contributed by atoms with Crippen LogP contribution in [-0.4, -0.2) is 31.7 Å². The zero-order chi connectivity index (χ0) is 28.9. The quantitative estimate of drug-likeness (QED) is 0.233. The van der Waals surface area contributed by atoms with Gasteiger partial charge >= 0.3 is 6.18 Å². The Morgan fingerprint density at radius 3 is 2.17 bits per heavy atom. The zero-order valence-corrected chi connectivity index (χ0v) is 22.5. The van der Waals surface area contributed by atoms with Gasteiger partial charge in [0, 0.05) is 12.1 Å². The van der Waals surface area contributed by atoms with E-state index in [2.05, 4.69) is 10.6 Å². The zero-order valence-electron chi connectivity index (χ0n) is 22.5. The molecule has 6 nitrogen and oxygen atoms in total. The van der Waals surface area contributed by atoms with Crippen LogP contribution in [0.5, 0.6) is 11.5 Å². The van der Waals surface area contributed by atoms with Gasteiger partial charge in [-0.15, -0.1) is 0 Å². The number of nitrogens with one attached hydrogen (secondary N) is 2. The smallest absolute Gasteiger partial charge is 0.416 e. The van der Waals surface area contributed by atoms with E-state index in [9.17, 15) is 22.8 Å². The van der Waals surface area contributed by atoms with Crippen molar-refractivity contribution in [2.75, 3.05) is 19.0 Å². The highest BCUT2D eigenvalue weighted by Gasteiger charge is 2.60. The topological polar surface area (TPSA) is 76.7 Å². The van der Waals surface area contributed by atoms with Gasteiger partial charge in [0.1, 0.15) is 17.1 Å². The minimum absolute atomic E-state index is 0.00430. The molecule has 3 aromatic carbocycles. The lowest BCUT2D eigenvalue weighted by atomic mass is 9.76. The van der Waals surface area contributed by atoms with Gasteiger partial charge in [-0.05, 0) is 66.4 Å². The minimum atomic E-state index is -4.87. The van der Waals surface area contributed by atoms with Crippen LogP contribution in [0.25, 0.3) is 5.57 Å². The van der Waals surface area contributed by atoms with E-state index in [-0.39, 0.29) is 16.7 Å². The molecule has 4 rings (SSSR count). The molecular formula is C31H31F3N2O4. The normalized spacial score (nSPS) is 17.3. The summed E-state index contributed by atoms with van der Waals surface area (Å²) in [5, 5.41) is 4.79. The Morgan fingerprint density at radius 2 is 1.60 bits per heavy atom. The number of aryl methyl sites for hydroxylation is 1. The van der Waals surface area contributed by atoms with Crippen molar-refractivity contribution >= 4 is 23.1 Å². The van der Waals surface area contributed by atoms with Crippen LogP contribution in [0.15, 0.2) is 78.4 Å². The summed E-state index contributed by atoms with van der Waals surface area (Å²) < 4.78 is 55.5. The SMILES string of the molecule is CCCCOc1ccc(C2(C(F)(F)F)CC(c3ccc(C)cc3)=C(C(=O)Nc3ccc(OC)cc3)C(=O)N2)cc1. The number of methoxy groups -OCH3 is 1.